The molecule has 1 fully saturated rings. The number of anilines is 1. The molecule has 2 N–H and O–H groups in total. The summed E-state index contributed by atoms with van der Waals surface area (Å²) in [5.74, 6) is 0.206. The summed E-state index contributed by atoms with van der Waals surface area (Å²) in [5, 5.41) is 12.4. The lowest BCUT2D eigenvalue weighted by molar-refractivity contribution is -0.131. The molecule has 2 heterocycles. The Kier molecular flexibility index (Phi) is 4.41. The first-order valence-electron chi connectivity index (χ1n) is 7.74. The Bertz CT molecular complexity index is 481. The fourth-order valence-corrected chi connectivity index (χ4v) is 3.22. The number of para-hydroxylation sites is 1. The second kappa shape index (κ2) is 6.45. The summed E-state index contributed by atoms with van der Waals surface area (Å²) in [5.41, 5.74) is 2.32. The van der Waals surface area contributed by atoms with E-state index < -0.39 is 0 Å². The third-order valence-electron chi connectivity index (χ3n) is 4.39. The summed E-state index contributed by atoms with van der Waals surface area (Å²) in [6.07, 6.45) is 1.76. The number of aliphatic hydroxyl groups is 1. The number of rotatable bonds is 3. The van der Waals surface area contributed by atoms with Gasteiger partial charge in [0.2, 0.25) is 5.91 Å². The number of aliphatic hydroxyl groups excluding tert-OH is 1. The highest BCUT2D eigenvalue weighted by atomic mass is 16.3. The number of fused-ring (bicyclic) bond motifs is 1. The van der Waals surface area contributed by atoms with E-state index in [1.807, 2.05) is 23.1 Å². The van der Waals surface area contributed by atoms with Crippen molar-refractivity contribution >= 4 is 11.6 Å². The van der Waals surface area contributed by atoms with Crippen molar-refractivity contribution in [2.75, 3.05) is 44.6 Å². The first-order chi connectivity index (χ1) is 10.3. The van der Waals surface area contributed by atoms with E-state index in [1.54, 1.807) is 0 Å². The molecule has 5 heteroatoms. The van der Waals surface area contributed by atoms with E-state index in [1.165, 1.54) is 5.56 Å². The van der Waals surface area contributed by atoms with Gasteiger partial charge in [-0.1, -0.05) is 18.2 Å². The minimum atomic E-state index is -0.119. The molecule has 0 aliphatic carbocycles. The molecular formula is C16H23N3O2. The molecule has 3 rings (SSSR count). The minimum Gasteiger partial charge on any atom is -0.395 e. The maximum atomic E-state index is 12.7. The second-order valence-corrected chi connectivity index (χ2v) is 5.80. The number of carbonyl (C=O) groups excluding carboxylic acids is 1. The van der Waals surface area contributed by atoms with Crippen molar-refractivity contribution < 1.29 is 9.90 Å². The molecule has 1 saturated heterocycles. The van der Waals surface area contributed by atoms with Crippen LogP contribution in [-0.4, -0.2) is 66.2 Å². The normalized spacial score (nSPS) is 22.5. The lowest BCUT2D eigenvalue weighted by Gasteiger charge is -2.24. The van der Waals surface area contributed by atoms with Crippen molar-refractivity contribution in [3.05, 3.63) is 29.8 Å². The highest BCUT2D eigenvalue weighted by molar-refractivity contribution is 5.87. The van der Waals surface area contributed by atoms with E-state index in [0.29, 0.717) is 6.54 Å². The van der Waals surface area contributed by atoms with E-state index in [-0.39, 0.29) is 18.6 Å². The Morgan fingerprint density at radius 2 is 2.10 bits per heavy atom. The maximum Gasteiger partial charge on any atom is 0.245 e. The Labute approximate surface area is 125 Å². The van der Waals surface area contributed by atoms with Crippen LogP contribution in [0.2, 0.25) is 0 Å². The Morgan fingerprint density at radius 1 is 1.24 bits per heavy atom. The monoisotopic (exact) mass is 289 g/mol. The lowest BCUT2D eigenvalue weighted by atomic mass is 10.1. The largest absolute Gasteiger partial charge is 0.395 e. The summed E-state index contributed by atoms with van der Waals surface area (Å²) >= 11 is 0. The number of carbonyl (C=O) groups is 1. The molecule has 0 spiro atoms. The standard InChI is InChI=1S/C16H23N3O2/c20-11-10-18-6-3-7-19(9-8-18)16(21)15-12-13-4-1-2-5-14(13)17-15/h1-2,4-5,15,17,20H,3,6-12H2/t15-/m0/s1. The number of β-amino-alcohol motifs (C(OH)–C–C–N with tert-alkyl or cyclic N) is 1. The molecule has 0 aromatic heterocycles. The van der Waals surface area contributed by atoms with Crippen molar-refractivity contribution in [1.29, 1.82) is 0 Å². The average molecular weight is 289 g/mol. The molecule has 114 valence electrons. The van der Waals surface area contributed by atoms with E-state index in [9.17, 15) is 4.79 Å². The molecule has 0 saturated carbocycles. The van der Waals surface area contributed by atoms with Gasteiger partial charge in [0.15, 0.2) is 0 Å². The molecule has 0 unspecified atom stereocenters. The first kappa shape index (κ1) is 14.4. The predicted molar refractivity (Wildman–Crippen MR) is 82.3 cm³/mol. The summed E-state index contributed by atoms with van der Waals surface area (Å²) in [7, 11) is 0. The fraction of sp³-hybridized carbons (Fsp3) is 0.562. The van der Waals surface area contributed by atoms with Gasteiger partial charge in [-0.3, -0.25) is 9.69 Å². The molecule has 1 aromatic rings. The van der Waals surface area contributed by atoms with Gasteiger partial charge >= 0.3 is 0 Å². The van der Waals surface area contributed by atoms with Crippen LogP contribution < -0.4 is 5.32 Å². The maximum absolute atomic E-state index is 12.7. The molecule has 1 amide bonds. The zero-order valence-corrected chi connectivity index (χ0v) is 12.3. The number of nitrogens with zero attached hydrogens (tertiary/aromatic N) is 2. The topological polar surface area (TPSA) is 55.8 Å². The van der Waals surface area contributed by atoms with Crippen LogP contribution in [0, 0.1) is 0 Å². The Hall–Kier alpha value is -1.59. The number of benzene rings is 1. The van der Waals surface area contributed by atoms with E-state index in [4.69, 9.17) is 5.11 Å². The van der Waals surface area contributed by atoms with Crippen LogP contribution in [0.1, 0.15) is 12.0 Å². The fourth-order valence-electron chi connectivity index (χ4n) is 3.22. The van der Waals surface area contributed by atoms with E-state index >= 15 is 0 Å². The predicted octanol–water partition coefficient (Wildman–Crippen LogP) is 0.550. The molecule has 0 bridgehead atoms. The highest BCUT2D eigenvalue weighted by Gasteiger charge is 2.30. The van der Waals surface area contributed by atoms with Crippen molar-refractivity contribution in [3.63, 3.8) is 0 Å². The van der Waals surface area contributed by atoms with Gasteiger partial charge in [-0.2, -0.15) is 0 Å². The van der Waals surface area contributed by atoms with Crippen LogP contribution in [0.15, 0.2) is 24.3 Å². The van der Waals surface area contributed by atoms with Crippen LogP contribution in [0.4, 0.5) is 5.69 Å². The SMILES string of the molecule is O=C([C@@H]1Cc2ccccc2N1)N1CCCN(CCO)CC1. The minimum absolute atomic E-state index is 0.119. The number of amides is 1. The average Bonchev–Trinajstić information content (AvgIpc) is 2.80. The van der Waals surface area contributed by atoms with Crippen LogP contribution in [0.3, 0.4) is 0 Å². The zero-order valence-electron chi connectivity index (χ0n) is 12.3. The van der Waals surface area contributed by atoms with Gasteiger partial charge in [-0.15, -0.1) is 0 Å². The quantitative estimate of drug-likeness (QED) is 0.853. The highest BCUT2D eigenvalue weighted by Crippen LogP contribution is 2.26. The van der Waals surface area contributed by atoms with Gasteiger partial charge in [0.25, 0.3) is 0 Å². The zero-order chi connectivity index (χ0) is 14.7. The molecule has 2 aliphatic rings. The van der Waals surface area contributed by atoms with Gasteiger partial charge in [0.05, 0.1) is 6.61 Å². The Balaban J connectivity index is 1.59. The number of hydrogen-bond donors (Lipinski definition) is 2. The van der Waals surface area contributed by atoms with Crippen LogP contribution in [0.25, 0.3) is 0 Å². The van der Waals surface area contributed by atoms with Crippen molar-refractivity contribution in [1.82, 2.24) is 9.80 Å². The molecular weight excluding hydrogens is 266 g/mol. The van der Waals surface area contributed by atoms with Gasteiger partial charge in [-0.05, 0) is 24.6 Å². The molecule has 1 aromatic carbocycles. The van der Waals surface area contributed by atoms with Crippen molar-refractivity contribution in [2.45, 2.75) is 18.9 Å². The van der Waals surface area contributed by atoms with Gasteiger partial charge in [-0.25, -0.2) is 0 Å². The number of hydrogen-bond acceptors (Lipinski definition) is 4. The summed E-state index contributed by atoms with van der Waals surface area (Å²) in [6.45, 7) is 4.28. The third-order valence-corrected chi connectivity index (χ3v) is 4.39. The molecule has 1 atom stereocenters. The van der Waals surface area contributed by atoms with Gasteiger partial charge in [0.1, 0.15) is 6.04 Å². The smallest absolute Gasteiger partial charge is 0.245 e. The lowest BCUT2D eigenvalue weighted by Crippen LogP contribution is -2.44. The summed E-state index contributed by atoms with van der Waals surface area (Å²) in [4.78, 5) is 16.9. The van der Waals surface area contributed by atoms with Crippen LogP contribution >= 0.6 is 0 Å². The molecule has 2 aliphatic heterocycles. The van der Waals surface area contributed by atoms with Crippen LogP contribution in [-0.2, 0) is 11.2 Å². The van der Waals surface area contributed by atoms with Crippen molar-refractivity contribution in [2.24, 2.45) is 0 Å². The molecule has 21 heavy (non-hydrogen) atoms. The first-order valence-corrected chi connectivity index (χ1v) is 7.74. The second-order valence-electron chi connectivity index (χ2n) is 5.80. The molecule has 5 nitrogen and oxygen atoms in total. The van der Waals surface area contributed by atoms with E-state index in [0.717, 1.165) is 44.7 Å². The Morgan fingerprint density at radius 3 is 2.90 bits per heavy atom. The molecule has 0 radical (unpaired) electrons. The summed E-state index contributed by atoms with van der Waals surface area (Å²) < 4.78 is 0. The van der Waals surface area contributed by atoms with E-state index in [2.05, 4.69) is 16.3 Å². The number of nitrogens with one attached hydrogen (secondary N) is 1. The summed E-state index contributed by atoms with van der Waals surface area (Å²) in [6, 6.07) is 8.02. The van der Waals surface area contributed by atoms with Crippen molar-refractivity contribution in [3.8, 4) is 0 Å². The third kappa shape index (κ3) is 3.19. The van der Waals surface area contributed by atoms with Gasteiger partial charge < -0.3 is 15.3 Å². The van der Waals surface area contributed by atoms with Gasteiger partial charge in [0, 0.05) is 38.3 Å². The van der Waals surface area contributed by atoms with Crippen LogP contribution in [0.5, 0.6) is 0 Å².